The van der Waals surface area contributed by atoms with E-state index < -0.39 is 0 Å². The smallest absolute Gasteiger partial charge is 0.227 e. The molecule has 0 atom stereocenters. The van der Waals surface area contributed by atoms with Crippen molar-refractivity contribution in [1.82, 2.24) is 19.9 Å². The zero-order chi connectivity index (χ0) is 37.7. The second-order valence-corrected chi connectivity index (χ2v) is 14.2. The molecule has 11 aromatic rings. The van der Waals surface area contributed by atoms with Crippen molar-refractivity contribution >= 4 is 43.4 Å². The molecule has 9 aromatic carbocycles. The molecule has 2 heterocycles. The van der Waals surface area contributed by atoms with E-state index in [2.05, 4.69) is 127 Å². The summed E-state index contributed by atoms with van der Waals surface area (Å²) in [7, 11) is 0. The molecular formula is C52H32N4O. The maximum Gasteiger partial charge on any atom is 0.227 e. The van der Waals surface area contributed by atoms with E-state index in [9.17, 15) is 0 Å². The molecular weight excluding hydrogens is 697 g/mol. The molecule has 0 saturated heterocycles. The predicted octanol–water partition coefficient (Wildman–Crippen LogP) is 13.5. The Morgan fingerprint density at radius 1 is 0.316 bits per heavy atom. The molecule has 0 aliphatic carbocycles. The lowest BCUT2D eigenvalue weighted by Gasteiger charge is -2.14. The Balaban J connectivity index is 1.09. The number of fused-ring (bicyclic) bond motifs is 5. The van der Waals surface area contributed by atoms with Crippen molar-refractivity contribution in [3.63, 3.8) is 0 Å². The second-order valence-electron chi connectivity index (χ2n) is 14.2. The molecule has 0 saturated carbocycles. The Kier molecular flexibility index (Phi) is 7.74. The first kappa shape index (κ1) is 32.7. The number of nitrogens with zero attached hydrogens (tertiary/aromatic N) is 4. The standard InChI is InChI=1S/C52H32N4O/c1-3-15-35(16-4-1)49-54-50(38-22-11-21-37(32-38)40-26-12-19-33-14-7-8-23-39(33)40)56-51(55-49)45-30-29-43(41-24-9-10-25-42(41)45)44-27-13-20-34-28-31-46-48(47(34)44)57-52(53-46)36-17-5-2-6-18-36/h1-32H. The zero-order valence-electron chi connectivity index (χ0n) is 30.7. The van der Waals surface area contributed by atoms with Gasteiger partial charge in [0.15, 0.2) is 23.1 Å². The van der Waals surface area contributed by atoms with Crippen LogP contribution in [0.2, 0.25) is 0 Å². The molecule has 0 unspecified atom stereocenters. The highest BCUT2D eigenvalue weighted by Gasteiger charge is 2.19. The summed E-state index contributed by atoms with van der Waals surface area (Å²) in [5.74, 6) is 2.45. The molecule has 57 heavy (non-hydrogen) atoms. The van der Waals surface area contributed by atoms with Crippen molar-refractivity contribution in [3.8, 4) is 67.9 Å². The van der Waals surface area contributed by atoms with Crippen LogP contribution in [-0.4, -0.2) is 19.9 Å². The SMILES string of the molecule is c1ccc(-c2nc(-c3cccc(-c4cccc5ccccc45)c3)nc(-c3ccc(-c4cccc5ccc6nc(-c7ccccc7)oc6c45)c4ccccc34)n2)cc1. The number of oxazole rings is 1. The van der Waals surface area contributed by atoms with Crippen LogP contribution < -0.4 is 0 Å². The molecule has 5 heteroatoms. The van der Waals surface area contributed by atoms with Crippen LogP contribution >= 0.6 is 0 Å². The van der Waals surface area contributed by atoms with Crippen molar-refractivity contribution < 1.29 is 4.42 Å². The Morgan fingerprint density at radius 2 is 0.877 bits per heavy atom. The highest BCUT2D eigenvalue weighted by molar-refractivity contribution is 6.15. The van der Waals surface area contributed by atoms with Crippen molar-refractivity contribution in [2.75, 3.05) is 0 Å². The van der Waals surface area contributed by atoms with Gasteiger partial charge in [0.05, 0.1) is 0 Å². The van der Waals surface area contributed by atoms with Gasteiger partial charge in [-0.2, -0.15) is 0 Å². The van der Waals surface area contributed by atoms with E-state index in [1.807, 2.05) is 66.7 Å². The van der Waals surface area contributed by atoms with Crippen LogP contribution in [0.5, 0.6) is 0 Å². The van der Waals surface area contributed by atoms with Crippen molar-refractivity contribution in [2.45, 2.75) is 0 Å². The summed E-state index contributed by atoms with van der Waals surface area (Å²) in [6, 6.07) is 67.0. The third-order valence-corrected chi connectivity index (χ3v) is 10.8. The normalized spacial score (nSPS) is 11.5. The van der Waals surface area contributed by atoms with E-state index >= 15 is 0 Å². The van der Waals surface area contributed by atoms with E-state index in [-0.39, 0.29) is 0 Å². The summed E-state index contributed by atoms with van der Waals surface area (Å²) in [4.78, 5) is 20.4. The summed E-state index contributed by atoms with van der Waals surface area (Å²) in [6.45, 7) is 0. The van der Waals surface area contributed by atoms with Gasteiger partial charge < -0.3 is 4.42 Å². The lowest BCUT2D eigenvalue weighted by Crippen LogP contribution is -2.01. The second kappa shape index (κ2) is 13.5. The van der Waals surface area contributed by atoms with Crippen LogP contribution in [-0.2, 0) is 0 Å². The molecule has 0 fully saturated rings. The number of benzene rings is 9. The number of rotatable bonds is 6. The molecule has 5 nitrogen and oxygen atoms in total. The lowest BCUT2D eigenvalue weighted by atomic mass is 9.91. The molecule has 11 rings (SSSR count). The molecule has 2 aromatic heterocycles. The van der Waals surface area contributed by atoms with Gasteiger partial charge >= 0.3 is 0 Å². The maximum atomic E-state index is 6.56. The summed E-state index contributed by atoms with van der Waals surface area (Å²) in [6.07, 6.45) is 0. The third-order valence-electron chi connectivity index (χ3n) is 10.8. The largest absolute Gasteiger partial charge is 0.435 e. The van der Waals surface area contributed by atoms with Gasteiger partial charge in [0.25, 0.3) is 0 Å². The van der Waals surface area contributed by atoms with E-state index in [0.717, 1.165) is 71.6 Å². The monoisotopic (exact) mass is 728 g/mol. The quantitative estimate of drug-likeness (QED) is 0.171. The van der Waals surface area contributed by atoms with Crippen LogP contribution in [0.15, 0.2) is 199 Å². The summed E-state index contributed by atoms with van der Waals surface area (Å²) < 4.78 is 6.56. The summed E-state index contributed by atoms with van der Waals surface area (Å²) in [5, 5.41) is 6.66. The third kappa shape index (κ3) is 5.72. The van der Waals surface area contributed by atoms with E-state index in [0.29, 0.717) is 23.4 Å². The van der Waals surface area contributed by atoms with Crippen LogP contribution in [0.3, 0.4) is 0 Å². The van der Waals surface area contributed by atoms with Gasteiger partial charge in [0, 0.05) is 27.6 Å². The van der Waals surface area contributed by atoms with Crippen LogP contribution in [0, 0.1) is 0 Å². The molecule has 0 aliphatic rings. The van der Waals surface area contributed by atoms with Crippen molar-refractivity contribution in [1.29, 1.82) is 0 Å². The topological polar surface area (TPSA) is 64.7 Å². The Bertz CT molecular complexity index is 3290. The molecule has 0 N–H and O–H groups in total. The first-order valence-corrected chi connectivity index (χ1v) is 19.1. The maximum absolute atomic E-state index is 6.56. The molecule has 0 aliphatic heterocycles. The minimum Gasteiger partial charge on any atom is -0.435 e. The van der Waals surface area contributed by atoms with Gasteiger partial charge in [-0.05, 0) is 79.5 Å². The first-order chi connectivity index (χ1) is 28.2. The Hall–Kier alpha value is -7.76. The average Bonchev–Trinajstić information content (AvgIpc) is 3.74. The summed E-state index contributed by atoms with van der Waals surface area (Å²) in [5.41, 5.74) is 9.75. The fraction of sp³-hybridized carbons (Fsp3) is 0. The first-order valence-electron chi connectivity index (χ1n) is 19.1. The molecule has 0 spiro atoms. The van der Waals surface area contributed by atoms with Crippen molar-refractivity contribution in [2.24, 2.45) is 0 Å². The predicted molar refractivity (Wildman–Crippen MR) is 233 cm³/mol. The fourth-order valence-corrected chi connectivity index (χ4v) is 8.06. The fourth-order valence-electron chi connectivity index (χ4n) is 8.06. The Morgan fingerprint density at radius 3 is 1.68 bits per heavy atom. The molecule has 0 radical (unpaired) electrons. The molecule has 266 valence electrons. The number of aromatic nitrogens is 4. The van der Waals surface area contributed by atoms with Crippen LogP contribution in [0.25, 0.3) is 111 Å². The van der Waals surface area contributed by atoms with E-state index in [1.54, 1.807) is 0 Å². The zero-order valence-corrected chi connectivity index (χ0v) is 30.7. The van der Waals surface area contributed by atoms with Crippen LogP contribution in [0.4, 0.5) is 0 Å². The Labute approximate surface area is 328 Å². The van der Waals surface area contributed by atoms with Gasteiger partial charge in [0.1, 0.15) is 5.52 Å². The van der Waals surface area contributed by atoms with Gasteiger partial charge in [-0.1, -0.05) is 164 Å². The van der Waals surface area contributed by atoms with Gasteiger partial charge in [-0.25, -0.2) is 19.9 Å². The minimum atomic E-state index is 0.607. The molecule has 0 bridgehead atoms. The highest BCUT2D eigenvalue weighted by atomic mass is 16.3. The van der Waals surface area contributed by atoms with Gasteiger partial charge in [0.2, 0.25) is 5.89 Å². The number of hydrogen-bond acceptors (Lipinski definition) is 5. The summed E-state index contributed by atoms with van der Waals surface area (Å²) >= 11 is 0. The number of hydrogen-bond donors (Lipinski definition) is 0. The minimum absolute atomic E-state index is 0.607. The molecule has 0 amide bonds. The van der Waals surface area contributed by atoms with Crippen LogP contribution in [0.1, 0.15) is 0 Å². The van der Waals surface area contributed by atoms with Crippen molar-refractivity contribution in [3.05, 3.63) is 194 Å². The lowest BCUT2D eigenvalue weighted by molar-refractivity contribution is 0.623. The highest BCUT2D eigenvalue weighted by Crippen LogP contribution is 2.41. The average molecular weight is 729 g/mol. The van der Waals surface area contributed by atoms with Gasteiger partial charge in [-0.3, -0.25) is 0 Å². The van der Waals surface area contributed by atoms with E-state index in [4.69, 9.17) is 24.4 Å². The van der Waals surface area contributed by atoms with E-state index in [1.165, 1.54) is 16.3 Å². The van der Waals surface area contributed by atoms with Gasteiger partial charge in [-0.15, -0.1) is 0 Å².